The lowest BCUT2D eigenvalue weighted by Crippen LogP contribution is -2.49. The van der Waals surface area contributed by atoms with Crippen LogP contribution in [0.1, 0.15) is 25.8 Å². The van der Waals surface area contributed by atoms with E-state index in [9.17, 15) is 0 Å². The summed E-state index contributed by atoms with van der Waals surface area (Å²) in [5.41, 5.74) is 1.56. The van der Waals surface area contributed by atoms with Crippen LogP contribution in [0.3, 0.4) is 0 Å². The standard InChI is InChI=1S/C17H28N2O/c1-17(2,10-9-15-7-5-4-6-8-15)18-13-16-14-19(3)11-12-20-16/h4-8,16,18H,9-14H2,1-3H3. The molecule has 0 aromatic heterocycles. The minimum Gasteiger partial charge on any atom is -0.374 e. The first-order valence-corrected chi connectivity index (χ1v) is 7.64. The molecule has 0 aliphatic carbocycles. The Kier molecular flexibility index (Phi) is 5.58. The molecule has 1 atom stereocenters. The molecule has 1 aliphatic heterocycles. The molecule has 1 saturated heterocycles. The maximum atomic E-state index is 5.80. The minimum absolute atomic E-state index is 0.148. The molecule has 1 fully saturated rings. The van der Waals surface area contributed by atoms with Gasteiger partial charge in [0.1, 0.15) is 0 Å². The number of ether oxygens (including phenoxy) is 1. The topological polar surface area (TPSA) is 24.5 Å². The zero-order chi connectivity index (χ0) is 14.4. The summed E-state index contributed by atoms with van der Waals surface area (Å²) in [6.07, 6.45) is 2.58. The molecule has 0 radical (unpaired) electrons. The van der Waals surface area contributed by atoms with Crippen LogP contribution in [0.4, 0.5) is 0 Å². The zero-order valence-corrected chi connectivity index (χ0v) is 13.1. The Bertz CT molecular complexity index is 391. The van der Waals surface area contributed by atoms with Crippen molar-refractivity contribution in [2.75, 3.05) is 33.3 Å². The van der Waals surface area contributed by atoms with Gasteiger partial charge >= 0.3 is 0 Å². The van der Waals surface area contributed by atoms with Crippen LogP contribution >= 0.6 is 0 Å². The lowest BCUT2D eigenvalue weighted by Gasteiger charge is -2.34. The predicted octanol–water partition coefficient (Wildman–Crippen LogP) is 2.32. The average Bonchev–Trinajstić information content (AvgIpc) is 2.45. The maximum Gasteiger partial charge on any atom is 0.0826 e. The van der Waals surface area contributed by atoms with Gasteiger partial charge in [-0.15, -0.1) is 0 Å². The van der Waals surface area contributed by atoms with Crippen molar-refractivity contribution < 1.29 is 4.74 Å². The first-order chi connectivity index (χ1) is 9.55. The molecule has 1 aromatic carbocycles. The number of hydrogen-bond acceptors (Lipinski definition) is 3. The van der Waals surface area contributed by atoms with Crippen molar-refractivity contribution in [1.82, 2.24) is 10.2 Å². The van der Waals surface area contributed by atoms with Crippen LogP contribution in [0.25, 0.3) is 0 Å². The molecule has 112 valence electrons. The molecular formula is C17H28N2O. The number of likely N-dealkylation sites (N-methyl/N-ethyl adjacent to an activating group) is 1. The Labute approximate surface area is 123 Å². The lowest BCUT2D eigenvalue weighted by molar-refractivity contribution is -0.0211. The number of morpholine rings is 1. The van der Waals surface area contributed by atoms with Crippen molar-refractivity contribution in [2.45, 2.75) is 38.3 Å². The smallest absolute Gasteiger partial charge is 0.0826 e. The van der Waals surface area contributed by atoms with Gasteiger partial charge in [-0.1, -0.05) is 30.3 Å². The minimum atomic E-state index is 0.148. The third-order valence-corrected chi connectivity index (χ3v) is 4.03. The van der Waals surface area contributed by atoms with Crippen molar-refractivity contribution in [3.05, 3.63) is 35.9 Å². The third-order valence-electron chi connectivity index (χ3n) is 4.03. The summed E-state index contributed by atoms with van der Waals surface area (Å²) < 4.78 is 5.80. The van der Waals surface area contributed by atoms with Gasteiger partial charge in [0, 0.05) is 25.2 Å². The van der Waals surface area contributed by atoms with E-state index in [0.29, 0.717) is 6.10 Å². The summed E-state index contributed by atoms with van der Waals surface area (Å²) in [5, 5.41) is 3.67. The highest BCUT2D eigenvalue weighted by atomic mass is 16.5. The molecule has 3 nitrogen and oxygen atoms in total. The summed E-state index contributed by atoms with van der Waals surface area (Å²) in [6.45, 7) is 8.43. The highest BCUT2D eigenvalue weighted by Gasteiger charge is 2.22. The number of nitrogens with one attached hydrogen (secondary N) is 1. The highest BCUT2D eigenvalue weighted by Crippen LogP contribution is 2.14. The summed E-state index contributed by atoms with van der Waals surface area (Å²) in [5.74, 6) is 0. The van der Waals surface area contributed by atoms with Crippen molar-refractivity contribution in [1.29, 1.82) is 0 Å². The van der Waals surface area contributed by atoms with Crippen LogP contribution in [0.2, 0.25) is 0 Å². The van der Waals surface area contributed by atoms with Crippen molar-refractivity contribution in [3.8, 4) is 0 Å². The van der Waals surface area contributed by atoms with E-state index in [1.165, 1.54) is 5.56 Å². The normalized spacial score (nSPS) is 21.1. The fraction of sp³-hybridized carbons (Fsp3) is 0.647. The van der Waals surface area contributed by atoms with Gasteiger partial charge in [-0.2, -0.15) is 0 Å². The maximum absolute atomic E-state index is 5.80. The summed E-state index contributed by atoms with van der Waals surface area (Å²) in [7, 11) is 2.16. The van der Waals surface area contributed by atoms with Gasteiger partial charge in [-0.05, 0) is 39.3 Å². The Morgan fingerprint density at radius 2 is 2.05 bits per heavy atom. The van der Waals surface area contributed by atoms with Crippen molar-refractivity contribution in [2.24, 2.45) is 0 Å². The first-order valence-electron chi connectivity index (χ1n) is 7.64. The van der Waals surface area contributed by atoms with Gasteiger partial charge in [-0.3, -0.25) is 0 Å². The number of nitrogens with zero attached hydrogens (tertiary/aromatic N) is 1. The molecule has 0 saturated carbocycles. The Morgan fingerprint density at radius 3 is 2.75 bits per heavy atom. The zero-order valence-electron chi connectivity index (χ0n) is 13.1. The fourth-order valence-electron chi connectivity index (χ4n) is 2.57. The second-order valence-electron chi connectivity index (χ2n) is 6.51. The second-order valence-corrected chi connectivity index (χ2v) is 6.51. The molecular weight excluding hydrogens is 248 g/mol. The Hall–Kier alpha value is -0.900. The molecule has 2 rings (SSSR count). The van der Waals surface area contributed by atoms with Gasteiger partial charge in [0.25, 0.3) is 0 Å². The summed E-state index contributed by atoms with van der Waals surface area (Å²) >= 11 is 0. The third kappa shape index (κ3) is 5.23. The largest absolute Gasteiger partial charge is 0.374 e. The SMILES string of the molecule is CN1CCOC(CNC(C)(C)CCc2ccccc2)C1. The molecule has 0 bridgehead atoms. The Balaban J connectivity index is 1.73. The molecule has 1 aliphatic rings. The molecule has 1 unspecified atom stereocenters. The first kappa shape index (κ1) is 15.5. The highest BCUT2D eigenvalue weighted by molar-refractivity contribution is 5.15. The number of rotatable bonds is 6. The van der Waals surface area contributed by atoms with Crippen LogP contribution in [0.5, 0.6) is 0 Å². The molecule has 0 spiro atoms. The van der Waals surface area contributed by atoms with E-state index in [4.69, 9.17) is 4.74 Å². The van der Waals surface area contributed by atoms with E-state index >= 15 is 0 Å². The average molecular weight is 276 g/mol. The van der Waals surface area contributed by atoms with Crippen LogP contribution in [-0.2, 0) is 11.2 Å². The summed E-state index contributed by atoms with van der Waals surface area (Å²) in [6, 6.07) is 10.7. The lowest BCUT2D eigenvalue weighted by atomic mass is 9.95. The van der Waals surface area contributed by atoms with Gasteiger partial charge in [0.2, 0.25) is 0 Å². The quantitative estimate of drug-likeness (QED) is 0.863. The van der Waals surface area contributed by atoms with Crippen molar-refractivity contribution in [3.63, 3.8) is 0 Å². The Morgan fingerprint density at radius 1 is 1.30 bits per heavy atom. The monoisotopic (exact) mass is 276 g/mol. The second kappa shape index (κ2) is 7.21. The van der Waals surface area contributed by atoms with E-state index in [-0.39, 0.29) is 5.54 Å². The van der Waals surface area contributed by atoms with Gasteiger partial charge in [-0.25, -0.2) is 0 Å². The molecule has 1 N–H and O–H groups in total. The number of hydrogen-bond donors (Lipinski definition) is 1. The fourth-order valence-corrected chi connectivity index (χ4v) is 2.57. The van der Waals surface area contributed by atoms with E-state index in [2.05, 4.69) is 61.4 Å². The van der Waals surface area contributed by atoms with Crippen molar-refractivity contribution >= 4 is 0 Å². The van der Waals surface area contributed by atoms with Gasteiger partial charge in [0.15, 0.2) is 0 Å². The molecule has 20 heavy (non-hydrogen) atoms. The number of benzene rings is 1. The predicted molar refractivity (Wildman–Crippen MR) is 84.1 cm³/mol. The van der Waals surface area contributed by atoms with Gasteiger partial charge < -0.3 is 15.0 Å². The van der Waals surface area contributed by atoms with Crippen LogP contribution in [0, 0.1) is 0 Å². The van der Waals surface area contributed by atoms with Crippen LogP contribution in [0.15, 0.2) is 30.3 Å². The molecule has 3 heteroatoms. The van der Waals surface area contributed by atoms with E-state index < -0.39 is 0 Å². The van der Waals surface area contributed by atoms with E-state index in [0.717, 1.165) is 39.1 Å². The molecule has 1 heterocycles. The molecule has 1 aromatic rings. The molecule has 0 amide bonds. The van der Waals surface area contributed by atoms with Gasteiger partial charge in [0.05, 0.1) is 12.7 Å². The van der Waals surface area contributed by atoms with Crippen LogP contribution in [-0.4, -0.2) is 49.8 Å². The van der Waals surface area contributed by atoms with Crippen LogP contribution < -0.4 is 5.32 Å². The van der Waals surface area contributed by atoms with E-state index in [1.54, 1.807) is 0 Å². The summed E-state index contributed by atoms with van der Waals surface area (Å²) in [4.78, 5) is 2.34. The number of aryl methyl sites for hydroxylation is 1. The van der Waals surface area contributed by atoms with E-state index in [1.807, 2.05) is 0 Å².